The summed E-state index contributed by atoms with van der Waals surface area (Å²) in [7, 11) is 1.87. The highest BCUT2D eigenvalue weighted by Gasteiger charge is 2.00. The molecule has 0 aliphatic heterocycles. The minimum atomic E-state index is 0.362. The molecule has 4 nitrogen and oxygen atoms in total. The van der Waals surface area contributed by atoms with Gasteiger partial charge in [-0.1, -0.05) is 30.3 Å². The molecule has 0 amide bonds. The predicted molar refractivity (Wildman–Crippen MR) is 58.6 cm³/mol. The van der Waals surface area contributed by atoms with Gasteiger partial charge in [0.1, 0.15) is 0 Å². The van der Waals surface area contributed by atoms with E-state index in [-0.39, 0.29) is 0 Å². The molecule has 0 heterocycles. The summed E-state index contributed by atoms with van der Waals surface area (Å²) in [6, 6.07) is 10.2. The van der Waals surface area contributed by atoms with Crippen molar-refractivity contribution in [2.45, 2.75) is 6.42 Å². The van der Waals surface area contributed by atoms with Crippen LogP contribution in [0.25, 0.3) is 0 Å². The van der Waals surface area contributed by atoms with E-state index >= 15 is 0 Å². The lowest BCUT2D eigenvalue weighted by molar-refractivity contribution is 0.500. The van der Waals surface area contributed by atoms with Crippen LogP contribution in [0.2, 0.25) is 0 Å². The summed E-state index contributed by atoms with van der Waals surface area (Å²) in [5.41, 5.74) is 6.81. The average molecular weight is 192 g/mol. The van der Waals surface area contributed by atoms with Gasteiger partial charge in [0.2, 0.25) is 5.96 Å². The molecule has 0 unspecified atom stereocenters. The number of rotatable bonds is 3. The number of nitrogens with two attached hydrogens (primary N) is 2. The van der Waals surface area contributed by atoms with Crippen molar-refractivity contribution in [3.05, 3.63) is 35.9 Å². The van der Waals surface area contributed by atoms with Gasteiger partial charge in [0.05, 0.1) is 0 Å². The standard InChI is InChI=1S/C10H16N4/c1-14(10(11)13-12)8-7-9-5-3-2-4-6-9/h2-6H,7-8,12H2,1H3,(H2,11,13). The Kier molecular flexibility index (Phi) is 3.79. The summed E-state index contributed by atoms with van der Waals surface area (Å²) in [6.07, 6.45) is 0.938. The second kappa shape index (κ2) is 5.11. The van der Waals surface area contributed by atoms with Crippen molar-refractivity contribution in [3.8, 4) is 0 Å². The van der Waals surface area contributed by atoms with Crippen molar-refractivity contribution in [1.82, 2.24) is 4.90 Å². The zero-order valence-corrected chi connectivity index (χ0v) is 8.35. The third-order valence-corrected chi connectivity index (χ3v) is 2.10. The van der Waals surface area contributed by atoms with Gasteiger partial charge in [-0.3, -0.25) is 0 Å². The number of nitrogens with zero attached hydrogens (tertiary/aromatic N) is 2. The highest BCUT2D eigenvalue weighted by atomic mass is 15.3. The van der Waals surface area contributed by atoms with E-state index in [1.165, 1.54) is 5.56 Å². The van der Waals surface area contributed by atoms with Crippen LogP contribution in [0.1, 0.15) is 5.56 Å². The molecular formula is C10H16N4. The fraction of sp³-hybridized carbons (Fsp3) is 0.300. The first-order valence-corrected chi connectivity index (χ1v) is 4.52. The number of benzene rings is 1. The van der Waals surface area contributed by atoms with Crippen molar-refractivity contribution in [1.29, 1.82) is 0 Å². The maximum Gasteiger partial charge on any atom is 0.213 e. The van der Waals surface area contributed by atoms with Crippen molar-refractivity contribution < 1.29 is 0 Å². The number of hydrazone groups is 1. The third kappa shape index (κ3) is 2.97. The van der Waals surface area contributed by atoms with E-state index in [4.69, 9.17) is 11.6 Å². The quantitative estimate of drug-likeness (QED) is 0.314. The topological polar surface area (TPSA) is 67.6 Å². The summed E-state index contributed by atoms with van der Waals surface area (Å²) in [5.74, 6) is 5.43. The van der Waals surface area contributed by atoms with Gasteiger partial charge in [-0.2, -0.15) is 0 Å². The normalized spacial score (nSPS) is 11.4. The fourth-order valence-corrected chi connectivity index (χ4v) is 1.15. The molecule has 4 N–H and O–H groups in total. The number of hydrogen-bond donors (Lipinski definition) is 2. The Morgan fingerprint density at radius 1 is 1.36 bits per heavy atom. The van der Waals surface area contributed by atoms with Crippen LogP contribution in [0.4, 0.5) is 0 Å². The lowest BCUT2D eigenvalue weighted by Crippen LogP contribution is -2.36. The average Bonchev–Trinajstić information content (AvgIpc) is 2.26. The molecule has 14 heavy (non-hydrogen) atoms. The van der Waals surface area contributed by atoms with Gasteiger partial charge in [-0.15, -0.1) is 5.10 Å². The minimum absolute atomic E-state index is 0.362. The molecule has 1 aromatic rings. The Balaban J connectivity index is 2.42. The van der Waals surface area contributed by atoms with Crippen molar-refractivity contribution in [2.24, 2.45) is 16.7 Å². The molecule has 76 valence electrons. The number of hydrogen-bond acceptors (Lipinski definition) is 2. The Bertz CT molecular complexity index is 294. The van der Waals surface area contributed by atoms with E-state index < -0.39 is 0 Å². The first-order valence-electron chi connectivity index (χ1n) is 4.52. The lowest BCUT2D eigenvalue weighted by atomic mass is 10.1. The minimum Gasteiger partial charge on any atom is -0.368 e. The summed E-state index contributed by atoms with van der Waals surface area (Å²) in [5, 5.41) is 3.42. The Morgan fingerprint density at radius 3 is 2.57 bits per heavy atom. The van der Waals surface area contributed by atoms with Gasteiger partial charge < -0.3 is 16.5 Å². The summed E-state index contributed by atoms with van der Waals surface area (Å²) in [4.78, 5) is 1.83. The summed E-state index contributed by atoms with van der Waals surface area (Å²) in [6.45, 7) is 0.816. The van der Waals surface area contributed by atoms with E-state index in [0.29, 0.717) is 5.96 Å². The molecule has 1 rings (SSSR count). The predicted octanol–water partition coefficient (Wildman–Crippen LogP) is 0.349. The molecule has 0 bridgehead atoms. The largest absolute Gasteiger partial charge is 0.368 e. The molecule has 4 heteroatoms. The van der Waals surface area contributed by atoms with Crippen LogP contribution in [0.3, 0.4) is 0 Å². The molecule has 0 radical (unpaired) electrons. The molecule has 0 atom stereocenters. The molecular weight excluding hydrogens is 176 g/mol. The lowest BCUT2D eigenvalue weighted by Gasteiger charge is -2.16. The van der Waals surface area contributed by atoms with Crippen molar-refractivity contribution >= 4 is 5.96 Å². The maximum atomic E-state index is 5.53. The molecule has 0 fully saturated rings. The Morgan fingerprint density at radius 2 is 2.00 bits per heavy atom. The maximum absolute atomic E-state index is 5.53. The molecule has 0 spiro atoms. The molecule has 0 saturated heterocycles. The summed E-state index contributed by atoms with van der Waals surface area (Å²) < 4.78 is 0. The molecule has 1 aromatic carbocycles. The third-order valence-electron chi connectivity index (χ3n) is 2.10. The summed E-state index contributed by atoms with van der Waals surface area (Å²) >= 11 is 0. The van der Waals surface area contributed by atoms with E-state index in [1.807, 2.05) is 30.1 Å². The highest BCUT2D eigenvalue weighted by molar-refractivity contribution is 5.77. The first kappa shape index (κ1) is 10.4. The van der Waals surface area contributed by atoms with Gasteiger partial charge in [0.15, 0.2) is 0 Å². The van der Waals surface area contributed by atoms with Crippen molar-refractivity contribution in [3.63, 3.8) is 0 Å². The van der Waals surface area contributed by atoms with Crippen LogP contribution < -0.4 is 11.6 Å². The molecule has 0 aliphatic carbocycles. The zero-order chi connectivity index (χ0) is 10.4. The zero-order valence-electron chi connectivity index (χ0n) is 8.35. The second-order valence-corrected chi connectivity index (χ2v) is 3.14. The van der Waals surface area contributed by atoms with E-state index in [2.05, 4.69) is 17.2 Å². The number of likely N-dealkylation sites (N-methyl/N-ethyl adjacent to an activating group) is 1. The molecule has 0 aliphatic rings. The number of guanidine groups is 1. The first-order chi connectivity index (χ1) is 6.74. The van der Waals surface area contributed by atoms with Gasteiger partial charge in [0.25, 0.3) is 0 Å². The van der Waals surface area contributed by atoms with E-state index in [0.717, 1.165) is 13.0 Å². The Hall–Kier alpha value is -1.71. The van der Waals surface area contributed by atoms with Crippen LogP contribution >= 0.6 is 0 Å². The van der Waals surface area contributed by atoms with Crippen LogP contribution in [0.15, 0.2) is 35.4 Å². The SMILES string of the molecule is CN(CCc1ccccc1)C(N)=NN. The van der Waals surface area contributed by atoms with E-state index in [1.54, 1.807) is 0 Å². The van der Waals surface area contributed by atoms with Crippen LogP contribution in [0.5, 0.6) is 0 Å². The second-order valence-electron chi connectivity index (χ2n) is 3.14. The van der Waals surface area contributed by atoms with Gasteiger partial charge in [0, 0.05) is 13.6 Å². The van der Waals surface area contributed by atoms with Crippen LogP contribution in [-0.4, -0.2) is 24.5 Å². The van der Waals surface area contributed by atoms with E-state index in [9.17, 15) is 0 Å². The molecule has 0 saturated carbocycles. The highest BCUT2D eigenvalue weighted by Crippen LogP contribution is 2.00. The molecule has 0 aromatic heterocycles. The van der Waals surface area contributed by atoms with Crippen LogP contribution in [-0.2, 0) is 6.42 Å². The van der Waals surface area contributed by atoms with Gasteiger partial charge in [-0.25, -0.2) is 0 Å². The monoisotopic (exact) mass is 192 g/mol. The van der Waals surface area contributed by atoms with Gasteiger partial charge >= 0.3 is 0 Å². The Labute approximate surface area is 84.2 Å². The van der Waals surface area contributed by atoms with Crippen LogP contribution in [0, 0.1) is 0 Å². The fourth-order valence-electron chi connectivity index (χ4n) is 1.15. The smallest absolute Gasteiger partial charge is 0.213 e. The van der Waals surface area contributed by atoms with Gasteiger partial charge in [-0.05, 0) is 12.0 Å². The van der Waals surface area contributed by atoms with Crippen molar-refractivity contribution in [2.75, 3.05) is 13.6 Å².